The average Bonchev–Trinajstić information content (AvgIpc) is 2.82. The molecule has 1 rings (SSSR count). The predicted molar refractivity (Wildman–Crippen MR) is 156 cm³/mol. The summed E-state index contributed by atoms with van der Waals surface area (Å²) in [6, 6.07) is 7.36. The van der Waals surface area contributed by atoms with Gasteiger partial charge in [-0.2, -0.15) is 0 Å². The molecule has 236 valence electrons. The molecule has 0 aliphatic rings. The summed E-state index contributed by atoms with van der Waals surface area (Å²) in [5, 5.41) is 49.2. The summed E-state index contributed by atoms with van der Waals surface area (Å²) in [4.78, 5) is 60.2. The van der Waals surface area contributed by atoms with Crippen molar-refractivity contribution >= 4 is 29.8 Å². The van der Waals surface area contributed by atoms with E-state index in [9.17, 15) is 49.5 Å². The molecule has 0 aliphatic carbocycles. The van der Waals surface area contributed by atoms with E-state index in [1.165, 1.54) is 41.5 Å². The molecule has 10 nitrogen and oxygen atoms in total. The second-order valence-corrected chi connectivity index (χ2v) is 14.4. The Bertz CT molecular complexity index is 1180. The fourth-order valence-electron chi connectivity index (χ4n) is 6.39. The minimum absolute atomic E-state index is 0.0448. The van der Waals surface area contributed by atoms with Gasteiger partial charge in [0, 0.05) is 0 Å². The third-order valence-corrected chi connectivity index (χ3v) is 8.74. The van der Waals surface area contributed by atoms with Gasteiger partial charge in [0.2, 0.25) is 0 Å². The van der Waals surface area contributed by atoms with E-state index in [-0.39, 0.29) is 43.9 Å². The Kier molecular flexibility index (Phi) is 11.2. The van der Waals surface area contributed by atoms with Gasteiger partial charge in [-0.05, 0) is 104 Å². The van der Waals surface area contributed by atoms with Gasteiger partial charge in [-0.25, -0.2) is 0 Å². The monoisotopic (exact) mass is 592 g/mol. The first-order valence-corrected chi connectivity index (χ1v) is 14.1. The van der Waals surface area contributed by atoms with Gasteiger partial charge in [0.05, 0.1) is 27.1 Å². The van der Waals surface area contributed by atoms with Crippen LogP contribution in [0.2, 0.25) is 0 Å². The van der Waals surface area contributed by atoms with Crippen molar-refractivity contribution in [1.29, 1.82) is 0 Å². The predicted octanol–water partition coefficient (Wildman–Crippen LogP) is 6.34. The summed E-state index contributed by atoms with van der Waals surface area (Å²) in [7, 11) is 0. The van der Waals surface area contributed by atoms with Crippen LogP contribution in [0.1, 0.15) is 117 Å². The van der Waals surface area contributed by atoms with Crippen LogP contribution in [-0.2, 0) is 24.0 Å². The molecule has 1 aromatic carbocycles. The highest BCUT2D eigenvalue weighted by molar-refractivity contribution is 5.81. The molecule has 0 aromatic heterocycles. The van der Waals surface area contributed by atoms with Crippen LogP contribution in [0.3, 0.4) is 0 Å². The minimum Gasteiger partial charge on any atom is -0.481 e. The molecule has 0 fully saturated rings. The molecular formula is C32H48O10. The summed E-state index contributed by atoms with van der Waals surface area (Å²) in [6.45, 7) is 14.0. The van der Waals surface area contributed by atoms with Crippen LogP contribution in [0.25, 0.3) is 0 Å². The Hall–Kier alpha value is -3.43. The fourth-order valence-corrected chi connectivity index (χ4v) is 6.39. The standard InChI is InChI=1S/C32H48O10/c1-19(14-30(7,25(37)38)16-28(3,4)23(33)34)21-10-12-22(13-11-21)20(2)15-31(8,26(39)40)18-32(9,27(41)42)17-29(5,6)24(35)36/h10-13,19-20H,14-18H2,1-9H3,(H,33,34)(H,35,36)(H,37,38)(H,39,40)(H,41,42). The van der Waals surface area contributed by atoms with Gasteiger partial charge in [0.15, 0.2) is 0 Å². The lowest BCUT2D eigenvalue weighted by Crippen LogP contribution is -2.43. The first-order valence-electron chi connectivity index (χ1n) is 14.1. The van der Waals surface area contributed by atoms with Gasteiger partial charge in [-0.1, -0.05) is 38.1 Å². The van der Waals surface area contributed by atoms with Gasteiger partial charge in [0.25, 0.3) is 0 Å². The normalized spacial score (nSPS) is 18.0. The molecule has 0 spiro atoms. The van der Waals surface area contributed by atoms with E-state index in [1.54, 1.807) is 6.92 Å². The van der Waals surface area contributed by atoms with Crippen molar-refractivity contribution in [3.05, 3.63) is 35.4 Å². The maximum atomic E-state index is 12.5. The van der Waals surface area contributed by atoms with Crippen LogP contribution >= 0.6 is 0 Å². The van der Waals surface area contributed by atoms with Crippen LogP contribution in [0, 0.1) is 27.1 Å². The Morgan fingerprint density at radius 3 is 1.02 bits per heavy atom. The molecular weight excluding hydrogens is 544 g/mol. The lowest BCUT2D eigenvalue weighted by Gasteiger charge is -2.38. The highest BCUT2D eigenvalue weighted by Crippen LogP contribution is 2.47. The van der Waals surface area contributed by atoms with Gasteiger partial charge < -0.3 is 25.5 Å². The van der Waals surface area contributed by atoms with Gasteiger partial charge >= 0.3 is 29.8 Å². The van der Waals surface area contributed by atoms with Crippen molar-refractivity contribution in [1.82, 2.24) is 0 Å². The Labute approximate surface area is 248 Å². The first-order chi connectivity index (χ1) is 18.8. The van der Waals surface area contributed by atoms with E-state index in [0.29, 0.717) is 0 Å². The van der Waals surface area contributed by atoms with Crippen molar-refractivity contribution in [2.24, 2.45) is 27.1 Å². The average molecular weight is 593 g/mol. The van der Waals surface area contributed by atoms with E-state index < -0.39 is 56.9 Å². The largest absolute Gasteiger partial charge is 0.481 e. The molecule has 0 radical (unpaired) electrons. The first kappa shape index (κ1) is 36.6. The molecule has 0 amide bonds. The van der Waals surface area contributed by atoms with Gasteiger partial charge in [-0.3, -0.25) is 24.0 Å². The van der Waals surface area contributed by atoms with Crippen LogP contribution in [-0.4, -0.2) is 55.4 Å². The Morgan fingerprint density at radius 2 is 0.762 bits per heavy atom. The zero-order valence-electron chi connectivity index (χ0n) is 26.3. The van der Waals surface area contributed by atoms with Crippen molar-refractivity contribution < 1.29 is 49.5 Å². The van der Waals surface area contributed by atoms with Gasteiger partial charge in [0.1, 0.15) is 0 Å². The molecule has 0 heterocycles. The van der Waals surface area contributed by atoms with E-state index in [2.05, 4.69) is 0 Å². The molecule has 0 aliphatic heterocycles. The quantitative estimate of drug-likeness (QED) is 0.137. The van der Waals surface area contributed by atoms with Gasteiger partial charge in [-0.15, -0.1) is 0 Å². The molecule has 0 bridgehead atoms. The smallest absolute Gasteiger partial charge is 0.309 e. The van der Waals surface area contributed by atoms with Crippen LogP contribution < -0.4 is 0 Å². The molecule has 1 aromatic rings. The zero-order chi connectivity index (χ0) is 33.1. The topological polar surface area (TPSA) is 186 Å². The molecule has 5 N–H and O–H groups in total. The maximum Gasteiger partial charge on any atom is 0.309 e. The van der Waals surface area contributed by atoms with E-state index >= 15 is 0 Å². The summed E-state index contributed by atoms with van der Waals surface area (Å²) in [5.74, 6) is -6.22. The van der Waals surface area contributed by atoms with Crippen molar-refractivity contribution in [3.63, 3.8) is 0 Å². The summed E-state index contributed by atoms with van der Waals surface area (Å²) in [6.07, 6.45) is -0.230. The highest BCUT2D eigenvalue weighted by atomic mass is 16.4. The molecule has 5 atom stereocenters. The third kappa shape index (κ3) is 8.79. The van der Waals surface area contributed by atoms with Crippen LogP contribution in [0.15, 0.2) is 24.3 Å². The maximum absolute atomic E-state index is 12.5. The number of carbonyl (C=O) groups is 5. The Morgan fingerprint density at radius 1 is 0.500 bits per heavy atom. The SMILES string of the molecule is CC(CC(C)(CC(C)(C)C(=O)O)C(=O)O)c1ccc(C(C)CC(C)(CC(C)(CC(C)(C)C(=O)O)C(=O)O)C(=O)O)cc1. The number of carboxylic acid groups (broad SMARTS) is 5. The van der Waals surface area contributed by atoms with Crippen LogP contribution in [0.4, 0.5) is 0 Å². The van der Waals surface area contributed by atoms with E-state index in [0.717, 1.165) is 11.1 Å². The van der Waals surface area contributed by atoms with Crippen LogP contribution in [0.5, 0.6) is 0 Å². The second kappa shape index (κ2) is 12.8. The number of carboxylic acids is 5. The Balaban J connectivity index is 3.21. The third-order valence-electron chi connectivity index (χ3n) is 8.74. The summed E-state index contributed by atoms with van der Waals surface area (Å²) in [5.41, 5.74) is -5.26. The highest BCUT2D eigenvalue weighted by Gasteiger charge is 2.49. The molecule has 10 heteroatoms. The van der Waals surface area contributed by atoms with Crippen molar-refractivity contribution in [3.8, 4) is 0 Å². The molecule has 0 saturated carbocycles. The zero-order valence-corrected chi connectivity index (χ0v) is 26.3. The second-order valence-electron chi connectivity index (χ2n) is 14.4. The number of hydrogen-bond donors (Lipinski definition) is 5. The summed E-state index contributed by atoms with van der Waals surface area (Å²) >= 11 is 0. The summed E-state index contributed by atoms with van der Waals surface area (Å²) < 4.78 is 0. The lowest BCUT2D eigenvalue weighted by atomic mass is 9.63. The van der Waals surface area contributed by atoms with Crippen molar-refractivity contribution in [2.75, 3.05) is 0 Å². The number of aliphatic carboxylic acids is 5. The number of hydrogen-bond acceptors (Lipinski definition) is 5. The number of benzene rings is 1. The molecule has 5 unspecified atom stereocenters. The number of rotatable bonds is 17. The van der Waals surface area contributed by atoms with E-state index in [1.807, 2.05) is 38.1 Å². The minimum atomic E-state index is -1.60. The van der Waals surface area contributed by atoms with Crippen molar-refractivity contribution in [2.45, 2.75) is 106 Å². The molecule has 42 heavy (non-hydrogen) atoms. The molecule has 0 saturated heterocycles. The fraction of sp³-hybridized carbons (Fsp3) is 0.656. The lowest BCUT2D eigenvalue weighted by molar-refractivity contribution is -0.162. The van der Waals surface area contributed by atoms with E-state index in [4.69, 9.17) is 0 Å².